The zero-order valence-corrected chi connectivity index (χ0v) is 10.7. The second-order valence-corrected chi connectivity index (χ2v) is 5.43. The SMILES string of the molecule is O=C(O)CON=Cc1cc(Br)c(Br)s1. The summed E-state index contributed by atoms with van der Waals surface area (Å²) in [6, 6.07) is 1.85. The minimum absolute atomic E-state index is 0.426. The van der Waals surface area contributed by atoms with Crippen LogP contribution in [0.3, 0.4) is 0 Å². The Labute approximate surface area is 101 Å². The smallest absolute Gasteiger partial charge is 0.344 e. The van der Waals surface area contributed by atoms with Gasteiger partial charge in [0.25, 0.3) is 0 Å². The summed E-state index contributed by atoms with van der Waals surface area (Å²) in [6.45, 7) is -0.426. The molecule has 0 bridgehead atoms. The fourth-order valence-corrected chi connectivity index (χ4v) is 2.56. The summed E-state index contributed by atoms with van der Waals surface area (Å²) in [5.41, 5.74) is 0. The van der Waals surface area contributed by atoms with Crippen molar-refractivity contribution in [1.29, 1.82) is 0 Å². The predicted molar refractivity (Wildman–Crippen MR) is 60.9 cm³/mol. The molecule has 7 heteroatoms. The van der Waals surface area contributed by atoms with E-state index in [4.69, 9.17) is 5.11 Å². The van der Waals surface area contributed by atoms with Gasteiger partial charge in [-0.3, -0.25) is 0 Å². The third-order valence-corrected chi connectivity index (χ3v) is 4.30. The van der Waals surface area contributed by atoms with Crippen molar-refractivity contribution in [2.75, 3.05) is 6.61 Å². The minimum atomic E-state index is -1.05. The van der Waals surface area contributed by atoms with E-state index in [1.165, 1.54) is 17.6 Å². The van der Waals surface area contributed by atoms with Gasteiger partial charge in [-0.1, -0.05) is 5.16 Å². The van der Waals surface area contributed by atoms with Crippen LogP contribution in [0.4, 0.5) is 0 Å². The largest absolute Gasteiger partial charge is 0.479 e. The summed E-state index contributed by atoms with van der Waals surface area (Å²) in [4.78, 5) is 15.4. The maximum atomic E-state index is 10.1. The Morgan fingerprint density at radius 2 is 2.43 bits per heavy atom. The van der Waals surface area contributed by atoms with E-state index in [2.05, 4.69) is 41.9 Å². The molecule has 0 spiro atoms. The number of carboxylic acids is 1. The number of hydrogen-bond acceptors (Lipinski definition) is 4. The molecular formula is C7H5Br2NO3S. The molecule has 0 aliphatic heterocycles. The number of oxime groups is 1. The van der Waals surface area contributed by atoms with Gasteiger partial charge in [-0.15, -0.1) is 11.3 Å². The molecule has 1 rings (SSSR count). The summed E-state index contributed by atoms with van der Waals surface area (Å²) < 4.78 is 1.89. The number of hydrogen-bond donors (Lipinski definition) is 1. The lowest BCUT2D eigenvalue weighted by Gasteiger charge is -1.90. The Kier molecular flexibility index (Phi) is 4.56. The average Bonchev–Trinajstić information content (AvgIpc) is 2.40. The van der Waals surface area contributed by atoms with Crippen LogP contribution in [0.1, 0.15) is 4.88 Å². The van der Waals surface area contributed by atoms with E-state index in [0.29, 0.717) is 0 Å². The van der Waals surface area contributed by atoms with Gasteiger partial charge in [0.15, 0.2) is 0 Å². The van der Waals surface area contributed by atoms with Crippen LogP contribution in [0.15, 0.2) is 19.5 Å². The summed E-state index contributed by atoms with van der Waals surface area (Å²) in [5, 5.41) is 11.7. The third kappa shape index (κ3) is 3.77. The molecule has 1 aromatic heterocycles. The maximum Gasteiger partial charge on any atom is 0.344 e. The fourth-order valence-electron chi connectivity index (χ4n) is 0.609. The molecule has 1 aromatic rings. The van der Waals surface area contributed by atoms with Gasteiger partial charge < -0.3 is 9.94 Å². The first-order chi connectivity index (χ1) is 6.59. The summed E-state index contributed by atoms with van der Waals surface area (Å²) in [7, 11) is 0. The summed E-state index contributed by atoms with van der Waals surface area (Å²) in [5.74, 6) is -1.05. The van der Waals surface area contributed by atoms with Crippen LogP contribution >= 0.6 is 43.2 Å². The van der Waals surface area contributed by atoms with E-state index in [-0.39, 0.29) is 0 Å². The lowest BCUT2D eigenvalue weighted by molar-refractivity contribution is -0.142. The van der Waals surface area contributed by atoms with Crippen LogP contribution in [0, 0.1) is 0 Å². The molecule has 1 heterocycles. The molecule has 0 saturated heterocycles. The first-order valence-corrected chi connectivity index (χ1v) is 5.82. The van der Waals surface area contributed by atoms with Gasteiger partial charge in [0.1, 0.15) is 0 Å². The molecule has 1 N–H and O–H groups in total. The Bertz CT molecular complexity index is 344. The van der Waals surface area contributed by atoms with E-state index < -0.39 is 12.6 Å². The molecule has 0 unspecified atom stereocenters. The van der Waals surface area contributed by atoms with E-state index in [1.807, 2.05) is 6.07 Å². The first kappa shape index (κ1) is 11.7. The normalized spacial score (nSPS) is 10.7. The van der Waals surface area contributed by atoms with Crippen LogP contribution in [0.2, 0.25) is 0 Å². The number of aliphatic carboxylic acids is 1. The van der Waals surface area contributed by atoms with Gasteiger partial charge >= 0.3 is 5.97 Å². The van der Waals surface area contributed by atoms with Crippen molar-refractivity contribution < 1.29 is 14.7 Å². The zero-order chi connectivity index (χ0) is 10.6. The van der Waals surface area contributed by atoms with Crippen molar-refractivity contribution in [3.05, 3.63) is 19.2 Å². The van der Waals surface area contributed by atoms with Crippen molar-refractivity contribution in [1.82, 2.24) is 0 Å². The Morgan fingerprint density at radius 3 is 2.93 bits per heavy atom. The molecule has 0 saturated carbocycles. The van der Waals surface area contributed by atoms with Crippen LogP contribution in [-0.4, -0.2) is 23.9 Å². The van der Waals surface area contributed by atoms with Crippen LogP contribution in [-0.2, 0) is 9.63 Å². The highest BCUT2D eigenvalue weighted by molar-refractivity contribution is 9.13. The molecule has 4 nitrogen and oxygen atoms in total. The van der Waals surface area contributed by atoms with Crippen molar-refractivity contribution in [3.63, 3.8) is 0 Å². The minimum Gasteiger partial charge on any atom is -0.479 e. The van der Waals surface area contributed by atoms with E-state index >= 15 is 0 Å². The van der Waals surface area contributed by atoms with E-state index in [9.17, 15) is 4.79 Å². The van der Waals surface area contributed by atoms with Crippen molar-refractivity contribution >= 4 is 55.4 Å². The van der Waals surface area contributed by atoms with Gasteiger partial charge in [0.05, 0.1) is 14.9 Å². The Hall–Kier alpha value is -0.400. The lowest BCUT2D eigenvalue weighted by atomic mass is 10.5. The molecule has 0 fully saturated rings. The number of nitrogens with zero attached hydrogens (tertiary/aromatic N) is 1. The van der Waals surface area contributed by atoms with Crippen LogP contribution in [0.25, 0.3) is 0 Å². The van der Waals surface area contributed by atoms with Gasteiger partial charge in [0, 0.05) is 4.47 Å². The Morgan fingerprint density at radius 1 is 1.71 bits per heavy atom. The highest BCUT2D eigenvalue weighted by Crippen LogP contribution is 2.31. The first-order valence-electron chi connectivity index (χ1n) is 3.41. The maximum absolute atomic E-state index is 10.1. The molecule has 0 aliphatic carbocycles. The topological polar surface area (TPSA) is 58.9 Å². The molecule has 0 aliphatic rings. The number of thiophene rings is 1. The lowest BCUT2D eigenvalue weighted by Crippen LogP contribution is -2.03. The average molecular weight is 343 g/mol. The van der Waals surface area contributed by atoms with Crippen molar-refractivity contribution in [3.8, 4) is 0 Å². The third-order valence-electron chi connectivity index (χ3n) is 1.11. The second-order valence-electron chi connectivity index (χ2n) is 2.17. The molecule has 76 valence electrons. The molecule has 0 amide bonds. The second kappa shape index (κ2) is 5.47. The van der Waals surface area contributed by atoms with Crippen LogP contribution < -0.4 is 0 Å². The highest BCUT2D eigenvalue weighted by Gasteiger charge is 2.01. The monoisotopic (exact) mass is 341 g/mol. The standard InChI is InChI=1S/C7H5Br2NO3S/c8-5-1-4(14-7(5)9)2-10-13-3-6(11)12/h1-2H,3H2,(H,11,12). The predicted octanol–water partition coefficient (Wildman–Crippen LogP) is 2.71. The van der Waals surface area contributed by atoms with E-state index in [0.717, 1.165) is 13.1 Å². The quantitative estimate of drug-likeness (QED) is 0.676. The van der Waals surface area contributed by atoms with Gasteiger partial charge in [-0.25, -0.2) is 4.79 Å². The fraction of sp³-hybridized carbons (Fsp3) is 0.143. The number of carbonyl (C=O) groups is 1. The highest BCUT2D eigenvalue weighted by atomic mass is 79.9. The Balaban J connectivity index is 2.48. The van der Waals surface area contributed by atoms with Crippen molar-refractivity contribution in [2.45, 2.75) is 0 Å². The van der Waals surface area contributed by atoms with E-state index in [1.54, 1.807) is 0 Å². The molecular weight excluding hydrogens is 338 g/mol. The van der Waals surface area contributed by atoms with Gasteiger partial charge in [-0.05, 0) is 37.9 Å². The molecule has 0 radical (unpaired) electrons. The molecule has 14 heavy (non-hydrogen) atoms. The zero-order valence-electron chi connectivity index (χ0n) is 6.74. The number of halogens is 2. The number of rotatable bonds is 4. The van der Waals surface area contributed by atoms with Crippen LogP contribution in [0.5, 0.6) is 0 Å². The number of carboxylic acid groups (broad SMARTS) is 1. The van der Waals surface area contributed by atoms with Gasteiger partial charge in [-0.2, -0.15) is 0 Å². The van der Waals surface area contributed by atoms with Gasteiger partial charge in [0.2, 0.25) is 6.61 Å². The summed E-state index contributed by atoms with van der Waals surface area (Å²) in [6.07, 6.45) is 1.46. The molecule has 0 atom stereocenters. The van der Waals surface area contributed by atoms with Crippen molar-refractivity contribution in [2.24, 2.45) is 5.16 Å². The summed E-state index contributed by atoms with van der Waals surface area (Å²) >= 11 is 8.10. The molecule has 0 aromatic carbocycles.